The fourth-order valence-electron chi connectivity index (χ4n) is 2.64. The zero-order valence-corrected chi connectivity index (χ0v) is 13.7. The molecule has 7 nitrogen and oxygen atoms in total. The molecule has 0 aliphatic carbocycles. The van der Waals surface area contributed by atoms with Gasteiger partial charge in [0.2, 0.25) is 0 Å². The summed E-state index contributed by atoms with van der Waals surface area (Å²) in [5.41, 5.74) is 0.296. The van der Waals surface area contributed by atoms with E-state index in [0.717, 1.165) is 16.9 Å². The number of thiophene rings is 1. The van der Waals surface area contributed by atoms with Gasteiger partial charge in [-0.1, -0.05) is 0 Å². The van der Waals surface area contributed by atoms with Crippen LogP contribution in [0, 0.1) is 0 Å². The summed E-state index contributed by atoms with van der Waals surface area (Å²) in [6.45, 7) is 3.24. The maximum atomic E-state index is 12.6. The molecule has 3 heterocycles. The van der Waals surface area contributed by atoms with E-state index in [9.17, 15) is 9.59 Å². The number of amides is 1. The number of aromatic nitrogens is 2. The Kier molecular flexibility index (Phi) is 3.95. The molecule has 8 heteroatoms. The van der Waals surface area contributed by atoms with Crippen molar-refractivity contribution in [2.75, 3.05) is 19.7 Å². The number of hydrogen-bond donors (Lipinski definition) is 1. The molecule has 1 aliphatic rings. The van der Waals surface area contributed by atoms with Crippen molar-refractivity contribution in [3.63, 3.8) is 0 Å². The Hall–Kier alpha value is -2.19. The summed E-state index contributed by atoms with van der Waals surface area (Å²) in [5, 5.41) is 13.1. The Balaban J connectivity index is 1.80. The molecule has 23 heavy (non-hydrogen) atoms. The van der Waals surface area contributed by atoms with E-state index in [1.54, 1.807) is 21.8 Å². The van der Waals surface area contributed by atoms with Gasteiger partial charge in [0, 0.05) is 25.4 Å². The second-order valence-electron chi connectivity index (χ2n) is 5.68. The highest BCUT2D eigenvalue weighted by Crippen LogP contribution is 2.30. The molecule has 1 atom stereocenters. The van der Waals surface area contributed by atoms with Gasteiger partial charge < -0.3 is 14.7 Å². The number of aryl methyl sites for hydroxylation is 1. The summed E-state index contributed by atoms with van der Waals surface area (Å²) < 4.78 is 7.58. The maximum absolute atomic E-state index is 12.6. The third kappa shape index (κ3) is 2.99. The average Bonchev–Trinajstić information content (AvgIpc) is 3.15. The van der Waals surface area contributed by atoms with Gasteiger partial charge in [-0.3, -0.25) is 9.48 Å². The molecule has 0 saturated carbocycles. The molecule has 122 valence electrons. The topological polar surface area (TPSA) is 84.7 Å². The van der Waals surface area contributed by atoms with Crippen molar-refractivity contribution in [2.24, 2.45) is 7.05 Å². The second-order valence-corrected chi connectivity index (χ2v) is 6.76. The molecule has 1 unspecified atom stereocenters. The minimum absolute atomic E-state index is 0.164. The standard InChI is InChI=1S/C15H17N3O4S/c1-15(10-7-16-17(2)8-10)9-18(5-6-22-15)13(19)11-3-4-12(23-11)14(20)21/h3-4,7-8H,5-6,9H2,1-2H3,(H,20,21). The van der Waals surface area contributed by atoms with Crippen molar-refractivity contribution in [3.05, 3.63) is 39.8 Å². The van der Waals surface area contributed by atoms with Crippen LogP contribution < -0.4 is 0 Å². The minimum Gasteiger partial charge on any atom is -0.477 e. The van der Waals surface area contributed by atoms with E-state index in [-0.39, 0.29) is 10.8 Å². The van der Waals surface area contributed by atoms with Gasteiger partial charge >= 0.3 is 5.97 Å². The molecule has 1 aliphatic heterocycles. The van der Waals surface area contributed by atoms with E-state index in [0.29, 0.717) is 24.6 Å². The molecular weight excluding hydrogens is 318 g/mol. The fraction of sp³-hybridized carbons (Fsp3) is 0.400. The normalized spacial score (nSPS) is 21.4. The highest BCUT2D eigenvalue weighted by atomic mass is 32.1. The van der Waals surface area contributed by atoms with Gasteiger partial charge in [0.15, 0.2) is 0 Å². The Morgan fingerprint density at radius 2 is 2.13 bits per heavy atom. The smallest absolute Gasteiger partial charge is 0.345 e. The van der Waals surface area contributed by atoms with Crippen molar-refractivity contribution in [1.29, 1.82) is 0 Å². The molecule has 1 amide bonds. The van der Waals surface area contributed by atoms with E-state index < -0.39 is 11.6 Å². The fourth-order valence-corrected chi connectivity index (χ4v) is 3.45. The quantitative estimate of drug-likeness (QED) is 0.920. The first-order chi connectivity index (χ1) is 10.9. The largest absolute Gasteiger partial charge is 0.477 e. The number of ether oxygens (including phenoxy) is 1. The summed E-state index contributed by atoms with van der Waals surface area (Å²) in [5.74, 6) is -1.18. The van der Waals surface area contributed by atoms with Crippen LogP contribution in [0.25, 0.3) is 0 Å². The number of rotatable bonds is 3. The third-order valence-corrected chi connectivity index (χ3v) is 4.97. The first kappa shape index (κ1) is 15.7. The minimum atomic E-state index is -1.02. The van der Waals surface area contributed by atoms with Crippen molar-refractivity contribution < 1.29 is 19.4 Å². The van der Waals surface area contributed by atoms with Gasteiger partial charge in [0.25, 0.3) is 5.91 Å². The number of carbonyl (C=O) groups excluding carboxylic acids is 1. The van der Waals surface area contributed by atoms with E-state index in [4.69, 9.17) is 9.84 Å². The molecule has 0 spiro atoms. The van der Waals surface area contributed by atoms with E-state index in [1.165, 1.54) is 6.07 Å². The first-order valence-electron chi connectivity index (χ1n) is 7.14. The van der Waals surface area contributed by atoms with Gasteiger partial charge in [0.05, 0.1) is 24.2 Å². The van der Waals surface area contributed by atoms with Gasteiger partial charge in [-0.2, -0.15) is 5.10 Å². The molecule has 2 aromatic heterocycles. The highest BCUT2D eigenvalue weighted by molar-refractivity contribution is 7.15. The molecular formula is C15H17N3O4S. The summed E-state index contributed by atoms with van der Waals surface area (Å²) >= 11 is 0.995. The van der Waals surface area contributed by atoms with Crippen LogP contribution in [0.1, 0.15) is 31.8 Å². The lowest BCUT2D eigenvalue weighted by Crippen LogP contribution is -2.50. The maximum Gasteiger partial charge on any atom is 0.345 e. The summed E-state index contributed by atoms with van der Waals surface area (Å²) in [7, 11) is 1.83. The predicted octanol–water partition coefficient (Wildman–Crippen LogP) is 1.57. The lowest BCUT2D eigenvalue weighted by atomic mass is 9.97. The Bertz CT molecular complexity index is 753. The van der Waals surface area contributed by atoms with Crippen molar-refractivity contribution in [3.8, 4) is 0 Å². The SMILES string of the molecule is Cn1cc(C2(C)CN(C(=O)c3ccc(C(=O)O)s3)CCO2)cn1. The monoisotopic (exact) mass is 335 g/mol. The van der Waals surface area contributed by atoms with Crippen LogP contribution in [0.3, 0.4) is 0 Å². The molecule has 1 fully saturated rings. The van der Waals surface area contributed by atoms with Gasteiger partial charge in [-0.15, -0.1) is 11.3 Å². The lowest BCUT2D eigenvalue weighted by molar-refractivity contribution is -0.0930. The zero-order chi connectivity index (χ0) is 16.6. The zero-order valence-electron chi connectivity index (χ0n) is 12.9. The van der Waals surface area contributed by atoms with Gasteiger partial charge in [-0.25, -0.2) is 4.79 Å². The molecule has 0 aromatic carbocycles. The molecule has 3 rings (SSSR count). The lowest BCUT2D eigenvalue weighted by Gasteiger charge is -2.39. The number of carboxylic acid groups (broad SMARTS) is 1. The number of nitrogens with zero attached hydrogens (tertiary/aromatic N) is 3. The van der Waals surface area contributed by atoms with E-state index >= 15 is 0 Å². The average molecular weight is 335 g/mol. The number of carbonyl (C=O) groups is 2. The molecule has 1 N–H and O–H groups in total. The Morgan fingerprint density at radius 1 is 1.39 bits per heavy atom. The summed E-state index contributed by atoms with van der Waals surface area (Å²) in [6, 6.07) is 3.02. The second kappa shape index (κ2) is 5.78. The predicted molar refractivity (Wildman–Crippen MR) is 83.7 cm³/mol. The van der Waals surface area contributed by atoms with E-state index in [1.807, 2.05) is 20.2 Å². The van der Waals surface area contributed by atoms with Crippen LogP contribution >= 0.6 is 11.3 Å². The number of aromatic carboxylic acids is 1. The highest BCUT2D eigenvalue weighted by Gasteiger charge is 2.37. The van der Waals surface area contributed by atoms with Crippen LogP contribution in [0.2, 0.25) is 0 Å². The molecule has 0 radical (unpaired) electrons. The molecule has 0 bridgehead atoms. The Morgan fingerprint density at radius 3 is 2.74 bits per heavy atom. The van der Waals surface area contributed by atoms with Crippen LogP contribution in [-0.2, 0) is 17.4 Å². The van der Waals surface area contributed by atoms with Crippen LogP contribution in [-0.4, -0.2) is 51.4 Å². The summed E-state index contributed by atoms with van der Waals surface area (Å²) in [4.78, 5) is 25.9. The summed E-state index contributed by atoms with van der Waals surface area (Å²) in [6.07, 6.45) is 3.61. The van der Waals surface area contributed by atoms with Crippen LogP contribution in [0.15, 0.2) is 24.5 Å². The van der Waals surface area contributed by atoms with Crippen molar-refractivity contribution in [2.45, 2.75) is 12.5 Å². The molecule has 1 saturated heterocycles. The molecule has 2 aromatic rings. The van der Waals surface area contributed by atoms with Crippen molar-refractivity contribution in [1.82, 2.24) is 14.7 Å². The van der Waals surface area contributed by atoms with Crippen LogP contribution in [0.5, 0.6) is 0 Å². The van der Waals surface area contributed by atoms with Crippen LogP contribution in [0.4, 0.5) is 0 Å². The van der Waals surface area contributed by atoms with Crippen molar-refractivity contribution >= 4 is 23.2 Å². The first-order valence-corrected chi connectivity index (χ1v) is 7.96. The third-order valence-electron chi connectivity index (χ3n) is 3.90. The van der Waals surface area contributed by atoms with E-state index in [2.05, 4.69) is 5.10 Å². The number of morpholine rings is 1. The van der Waals surface area contributed by atoms with Gasteiger partial charge in [0.1, 0.15) is 10.5 Å². The number of hydrogen-bond acceptors (Lipinski definition) is 5. The van der Waals surface area contributed by atoms with Gasteiger partial charge in [-0.05, 0) is 19.1 Å². The number of carboxylic acids is 1. The Labute approximate surface area is 137 Å².